The van der Waals surface area contributed by atoms with Gasteiger partial charge in [-0.15, -0.1) is 24.8 Å². The molecule has 1 saturated heterocycles. The van der Waals surface area contributed by atoms with E-state index in [9.17, 15) is 4.79 Å². The van der Waals surface area contributed by atoms with Crippen molar-refractivity contribution in [1.82, 2.24) is 10.2 Å². The highest BCUT2D eigenvalue weighted by molar-refractivity contribution is 5.85. The van der Waals surface area contributed by atoms with Crippen LogP contribution in [0.25, 0.3) is 0 Å². The molecule has 3 atom stereocenters. The molecule has 3 rings (SSSR count). The lowest BCUT2D eigenvalue weighted by atomic mass is 9.83. The summed E-state index contributed by atoms with van der Waals surface area (Å²) in [6.07, 6.45) is 8.92. The topological polar surface area (TPSA) is 67.6 Å². The summed E-state index contributed by atoms with van der Waals surface area (Å²) in [4.78, 5) is 15.3. The fourth-order valence-corrected chi connectivity index (χ4v) is 4.95. The van der Waals surface area contributed by atoms with E-state index in [0.717, 1.165) is 52.0 Å². The molecule has 0 radical (unpaired) electrons. The highest BCUT2D eigenvalue weighted by Crippen LogP contribution is 2.39. The quantitative estimate of drug-likeness (QED) is 0.766. The first kappa shape index (κ1) is 23.0. The Labute approximate surface area is 164 Å². The van der Waals surface area contributed by atoms with Crippen LogP contribution < -0.4 is 11.1 Å². The Morgan fingerprint density at radius 2 is 1.80 bits per heavy atom. The number of rotatable bonds is 4. The predicted molar refractivity (Wildman–Crippen MR) is 106 cm³/mol. The Morgan fingerprint density at radius 3 is 2.40 bits per heavy atom. The average Bonchev–Trinajstić information content (AvgIpc) is 3.06. The van der Waals surface area contributed by atoms with Gasteiger partial charge in [-0.25, -0.2) is 0 Å². The molecule has 5 nitrogen and oxygen atoms in total. The van der Waals surface area contributed by atoms with Crippen molar-refractivity contribution in [2.45, 2.75) is 75.9 Å². The van der Waals surface area contributed by atoms with Crippen molar-refractivity contribution in [1.29, 1.82) is 0 Å². The third kappa shape index (κ3) is 5.23. The van der Waals surface area contributed by atoms with E-state index < -0.39 is 0 Å². The molecule has 148 valence electrons. The van der Waals surface area contributed by atoms with Gasteiger partial charge in [-0.05, 0) is 39.0 Å². The van der Waals surface area contributed by atoms with E-state index in [1.807, 2.05) is 0 Å². The molecule has 0 aromatic carbocycles. The van der Waals surface area contributed by atoms with Gasteiger partial charge in [0.05, 0.1) is 13.2 Å². The molecule has 3 N–H and O–H groups in total. The molecule has 1 amide bonds. The summed E-state index contributed by atoms with van der Waals surface area (Å²) < 4.78 is 5.53. The fourth-order valence-electron chi connectivity index (χ4n) is 4.95. The second-order valence-electron chi connectivity index (χ2n) is 7.76. The van der Waals surface area contributed by atoms with E-state index in [0.29, 0.717) is 0 Å². The molecular weight excluding hydrogens is 361 g/mol. The van der Waals surface area contributed by atoms with Gasteiger partial charge in [0.15, 0.2) is 0 Å². The number of ether oxygens (including phenoxy) is 1. The largest absolute Gasteiger partial charge is 0.379 e. The number of hydrogen-bond acceptors (Lipinski definition) is 4. The number of hydrogen-bond donors (Lipinski definition) is 2. The molecule has 25 heavy (non-hydrogen) atoms. The molecule has 3 unspecified atom stereocenters. The summed E-state index contributed by atoms with van der Waals surface area (Å²) >= 11 is 0. The summed E-state index contributed by atoms with van der Waals surface area (Å²) in [5.41, 5.74) is 6.19. The smallest absolute Gasteiger partial charge is 0.223 e. The molecule has 7 heteroatoms. The van der Waals surface area contributed by atoms with Crippen LogP contribution in [0.15, 0.2) is 0 Å². The second kappa shape index (κ2) is 10.3. The number of amides is 1. The minimum atomic E-state index is 0. The maximum atomic E-state index is 12.7. The molecule has 1 aliphatic heterocycles. The first-order chi connectivity index (χ1) is 11.1. The van der Waals surface area contributed by atoms with Crippen LogP contribution in [0.3, 0.4) is 0 Å². The van der Waals surface area contributed by atoms with E-state index in [2.05, 4.69) is 17.1 Å². The number of morpholine rings is 1. The zero-order chi connectivity index (χ0) is 16.3. The third-order valence-electron chi connectivity index (χ3n) is 6.36. The van der Waals surface area contributed by atoms with Gasteiger partial charge in [-0.1, -0.05) is 19.3 Å². The van der Waals surface area contributed by atoms with Gasteiger partial charge in [-0.3, -0.25) is 9.69 Å². The molecule has 3 fully saturated rings. The highest BCUT2D eigenvalue weighted by Gasteiger charge is 2.45. The van der Waals surface area contributed by atoms with Gasteiger partial charge in [0.25, 0.3) is 0 Å². The van der Waals surface area contributed by atoms with Gasteiger partial charge in [0.2, 0.25) is 5.91 Å². The zero-order valence-corrected chi connectivity index (χ0v) is 17.0. The average molecular weight is 396 g/mol. The van der Waals surface area contributed by atoms with Crippen molar-refractivity contribution < 1.29 is 9.53 Å². The Hall–Kier alpha value is -0.0700. The number of carbonyl (C=O) groups is 1. The normalized spacial score (nSPS) is 30.6. The van der Waals surface area contributed by atoms with Crippen LogP contribution in [-0.4, -0.2) is 54.7 Å². The fraction of sp³-hybridized carbons (Fsp3) is 0.944. The lowest BCUT2D eigenvalue weighted by Crippen LogP contribution is -2.62. The number of nitrogens with two attached hydrogens (primary N) is 1. The highest BCUT2D eigenvalue weighted by atomic mass is 35.5. The number of nitrogens with one attached hydrogen (secondary N) is 1. The van der Waals surface area contributed by atoms with Gasteiger partial charge in [0.1, 0.15) is 0 Å². The van der Waals surface area contributed by atoms with Crippen LogP contribution in [0.1, 0.15) is 58.3 Å². The van der Waals surface area contributed by atoms with Crippen LogP contribution in [0.5, 0.6) is 0 Å². The minimum absolute atomic E-state index is 0. The van der Waals surface area contributed by atoms with E-state index in [1.54, 1.807) is 0 Å². The van der Waals surface area contributed by atoms with Crippen molar-refractivity contribution in [2.24, 2.45) is 11.7 Å². The molecular formula is C18H35Cl2N3O2. The van der Waals surface area contributed by atoms with E-state index in [4.69, 9.17) is 10.5 Å². The Morgan fingerprint density at radius 1 is 1.16 bits per heavy atom. The van der Waals surface area contributed by atoms with Crippen molar-refractivity contribution in [2.75, 3.05) is 26.3 Å². The summed E-state index contributed by atoms with van der Waals surface area (Å²) in [6.45, 7) is 5.84. The molecule has 3 aliphatic rings. The zero-order valence-electron chi connectivity index (χ0n) is 15.4. The summed E-state index contributed by atoms with van der Waals surface area (Å²) in [7, 11) is 0. The second-order valence-corrected chi connectivity index (χ2v) is 7.76. The van der Waals surface area contributed by atoms with Crippen LogP contribution in [-0.2, 0) is 9.53 Å². The Bertz CT molecular complexity index is 413. The Kier molecular flexibility index (Phi) is 9.47. The summed E-state index contributed by atoms with van der Waals surface area (Å²) in [5, 5.41) is 3.37. The molecule has 0 aromatic heterocycles. The first-order valence-electron chi connectivity index (χ1n) is 9.50. The van der Waals surface area contributed by atoms with Crippen LogP contribution in [0, 0.1) is 5.92 Å². The summed E-state index contributed by atoms with van der Waals surface area (Å²) in [5.74, 6) is 0.344. The lowest BCUT2D eigenvalue weighted by molar-refractivity contribution is -0.128. The molecule has 0 spiro atoms. The molecule has 2 saturated carbocycles. The maximum Gasteiger partial charge on any atom is 0.223 e. The van der Waals surface area contributed by atoms with Gasteiger partial charge in [-0.2, -0.15) is 0 Å². The van der Waals surface area contributed by atoms with Crippen LogP contribution in [0.4, 0.5) is 0 Å². The SMILES string of the molecule is CC(NC(=O)C1CCCC(N)C1)C1(N2CCOCC2)CCCC1.Cl.Cl. The summed E-state index contributed by atoms with van der Waals surface area (Å²) in [6, 6.07) is 0.406. The number of carbonyl (C=O) groups excluding carboxylic acids is 1. The van der Waals surface area contributed by atoms with Gasteiger partial charge >= 0.3 is 0 Å². The standard InChI is InChI=1S/C18H33N3O2.2ClH/c1-14(20-17(22)15-5-4-6-16(19)13-15)18(7-2-3-8-18)21-9-11-23-12-10-21;;/h14-16H,2-13,19H2,1H3,(H,20,22);2*1H. The molecule has 1 heterocycles. The number of halogens is 2. The van der Waals surface area contributed by atoms with Crippen molar-refractivity contribution >= 4 is 30.7 Å². The van der Waals surface area contributed by atoms with Crippen molar-refractivity contribution in [3.8, 4) is 0 Å². The number of nitrogens with zero attached hydrogens (tertiary/aromatic N) is 1. The van der Waals surface area contributed by atoms with Gasteiger partial charge in [0, 0.05) is 36.6 Å². The lowest BCUT2D eigenvalue weighted by Gasteiger charge is -2.47. The third-order valence-corrected chi connectivity index (χ3v) is 6.36. The van der Waals surface area contributed by atoms with E-state index >= 15 is 0 Å². The predicted octanol–water partition coefficient (Wildman–Crippen LogP) is 2.50. The molecule has 2 aliphatic carbocycles. The van der Waals surface area contributed by atoms with Gasteiger partial charge < -0.3 is 15.8 Å². The van der Waals surface area contributed by atoms with Crippen molar-refractivity contribution in [3.63, 3.8) is 0 Å². The van der Waals surface area contributed by atoms with Crippen LogP contribution >= 0.6 is 24.8 Å². The molecule has 0 aromatic rings. The minimum Gasteiger partial charge on any atom is -0.379 e. The molecule has 0 bridgehead atoms. The van der Waals surface area contributed by atoms with Crippen molar-refractivity contribution in [3.05, 3.63) is 0 Å². The van der Waals surface area contributed by atoms with E-state index in [1.165, 1.54) is 25.7 Å². The maximum absolute atomic E-state index is 12.7. The monoisotopic (exact) mass is 395 g/mol. The first-order valence-corrected chi connectivity index (χ1v) is 9.50. The van der Waals surface area contributed by atoms with Crippen LogP contribution in [0.2, 0.25) is 0 Å². The van der Waals surface area contributed by atoms with E-state index in [-0.39, 0.29) is 54.3 Å². The Balaban J connectivity index is 0.00000156.